The zero-order valence-electron chi connectivity index (χ0n) is 26.4. The van der Waals surface area contributed by atoms with Crippen molar-refractivity contribution < 1.29 is 33.3 Å². The number of benzene rings is 3. The fourth-order valence-corrected chi connectivity index (χ4v) is 6.43. The first-order chi connectivity index (χ1) is 21.2. The number of carbonyl (C=O) groups excluding carboxylic acids is 2. The Hall–Kier alpha value is -1.82. The third-order valence-electron chi connectivity index (χ3n) is 8.44. The van der Waals surface area contributed by atoms with Crippen LogP contribution in [-0.4, -0.2) is 33.1 Å². The van der Waals surface area contributed by atoms with E-state index in [-0.39, 0.29) is 17.7 Å². The molecule has 0 fully saturated rings. The summed E-state index contributed by atoms with van der Waals surface area (Å²) in [6.07, 6.45) is 7.81. The maximum atomic E-state index is 12.6. The molecule has 44 heavy (non-hydrogen) atoms. The van der Waals surface area contributed by atoms with Gasteiger partial charge in [-0.2, -0.15) is 0 Å². The van der Waals surface area contributed by atoms with E-state index in [0.717, 1.165) is 77.9 Å². The molecule has 235 valence electrons. The van der Waals surface area contributed by atoms with Gasteiger partial charge in [0, 0.05) is 11.1 Å². The Bertz CT molecular complexity index is 1450. The standard InChI is InChI=1S/C22H26O3.C14H16O2.2HI.V/c1-15-9-13-18-19(21(15)24-2)14-12-17(20(18)22(23)25-3)11-10-16-7-5-4-6-8-16;1-9-7-8-12-11(10(2)15)5-4-6-13(12)14(9)16-3;;;/h4-9,13,17,20H,10-12,14H2,1-3H3;5,7-8H,4,6H2,1-3H3;2*1H;/q;;;;+2/p-2/t17-,20+;;;;/m0..../s1. The van der Waals surface area contributed by atoms with Crippen LogP contribution in [-0.2, 0) is 43.1 Å². The van der Waals surface area contributed by atoms with E-state index in [2.05, 4.69) is 70.3 Å². The monoisotopic (exact) mass is 859 g/mol. The van der Waals surface area contributed by atoms with Crippen molar-refractivity contribution in [1.29, 1.82) is 0 Å². The predicted molar refractivity (Wildman–Crippen MR) is 192 cm³/mol. The summed E-state index contributed by atoms with van der Waals surface area (Å²) in [6.45, 7) is 5.70. The molecule has 0 aliphatic heterocycles. The summed E-state index contributed by atoms with van der Waals surface area (Å²) in [7, 11) is 5.50. The molecule has 2 aliphatic rings. The molecule has 0 heterocycles. The van der Waals surface area contributed by atoms with Crippen molar-refractivity contribution in [2.24, 2.45) is 5.92 Å². The van der Waals surface area contributed by atoms with E-state index in [9.17, 15) is 9.59 Å². The van der Waals surface area contributed by atoms with Crippen LogP contribution in [0.5, 0.6) is 11.5 Å². The van der Waals surface area contributed by atoms with Crippen LogP contribution in [0.4, 0.5) is 0 Å². The van der Waals surface area contributed by atoms with Crippen LogP contribution in [0.3, 0.4) is 0 Å². The summed E-state index contributed by atoms with van der Waals surface area (Å²) < 4.78 is 16.2. The number of fused-ring (bicyclic) bond motifs is 2. The van der Waals surface area contributed by atoms with Gasteiger partial charge in [-0.25, -0.2) is 0 Å². The van der Waals surface area contributed by atoms with E-state index in [1.807, 2.05) is 44.2 Å². The van der Waals surface area contributed by atoms with E-state index in [1.54, 1.807) is 21.1 Å². The average molecular weight is 859 g/mol. The minimum atomic E-state index is -0.202. The summed E-state index contributed by atoms with van der Waals surface area (Å²) >= 11 is 4.74. The Kier molecular flexibility index (Phi) is 15.3. The molecule has 5 rings (SSSR count). The third kappa shape index (κ3) is 9.13. The second-order valence-corrected chi connectivity index (χ2v) is 22.8. The number of Topliss-reactive ketones (excluding diaryl/α,β-unsaturated/α-hetero) is 1. The summed E-state index contributed by atoms with van der Waals surface area (Å²) in [6, 6.07) is 18.6. The van der Waals surface area contributed by atoms with Crippen molar-refractivity contribution in [3.8, 4) is 11.5 Å². The summed E-state index contributed by atoms with van der Waals surface area (Å²) in [5, 5.41) is 0. The first-order valence-corrected chi connectivity index (χ1v) is 23.8. The normalized spacial score (nSPS) is 16.3. The molecule has 2 atom stereocenters. The maximum absolute atomic E-state index is 12.6. The average Bonchev–Trinajstić information content (AvgIpc) is 3.03. The zero-order chi connectivity index (χ0) is 32.2. The SMILES string of the molecule is COC(=O)[C@H]1c2ccc(C)c(OC)c2CC[C@@H]1CCc1ccccc1.COc1c(C)ccc2c1CCC=C2C(C)=O.[I][V][I]. The van der Waals surface area contributed by atoms with Crippen LogP contribution in [0, 0.1) is 19.8 Å². The number of hydrogen-bond acceptors (Lipinski definition) is 5. The third-order valence-corrected chi connectivity index (χ3v) is 8.44. The molecule has 5 nitrogen and oxygen atoms in total. The molecule has 0 saturated heterocycles. The quantitative estimate of drug-likeness (QED) is 0.175. The fourth-order valence-electron chi connectivity index (χ4n) is 6.43. The van der Waals surface area contributed by atoms with Crippen LogP contribution < -0.4 is 9.47 Å². The summed E-state index contributed by atoms with van der Waals surface area (Å²) in [5.41, 5.74) is 8.88. The van der Waals surface area contributed by atoms with Gasteiger partial charge in [0.15, 0.2) is 5.78 Å². The van der Waals surface area contributed by atoms with Crippen LogP contribution in [0.15, 0.2) is 60.7 Å². The van der Waals surface area contributed by atoms with Gasteiger partial charge in [-0.05, 0) is 98.6 Å². The molecule has 3 aromatic rings. The van der Waals surface area contributed by atoms with E-state index in [4.69, 9.17) is 14.2 Å². The first kappa shape index (κ1) is 36.7. The van der Waals surface area contributed by atoms with Crippen LogP contribution in [0.1, 0.15) is 71.0 Å². The Morgan fingerprint density at radius 2 is 1.48 bits per heavy atom. The van der Waals surface area contributed by atoms with Crippen molar-refractivity contribution >= 4 is 57.3 Å². The van der Waals surface area contributed by atoms with Gasteiger partial charge in [0.2, 0.25) is 0 Å². The number of methoxy groups -OCH3 is 3. The van der Waals surface area contributed by atoms with Gasteiger partial charge in [-0.15, -0.1) is 0 Å². The molecule has 8 heteroatoms. The summed E-state index contributed by atoms with van der Waals surface area (Å²) in [4.78, 5) is 24.1. The molecule has 0 unspecified atom stereocenters. The Balaban J connectivity index is 0.000000239. The number of hydrogen-bond donors (Lipinski definition) is 0. The molecule has 2 aliphatic carbocycles. The van der Waals surface area contributed by atoms with Crippen molar-refractivity contribution in [3.63, 3.8) is 0 Å². The first-order valence-electron chi connectivity index (χ1n) is 14.8. The van der Waals surface area contributed by atoms with Gasteiger partial charge in [-0.1, -0.05) is 60.7 Å². The van der Waals surface area contributed by atoms with E-state index in [1.165, 1.54) is 23.8 Å². The number of ketones is 1. The molecular formula is C36H42I2O5V. The Morgan fingerprint density at radius 3 is 2.07 bits per heavy atom. The van der Waals surface area contributed by atoms with Gasteiger partial charge < -0.3 is 14.2 Å². The molecule has 0 bridgehead atoms. The van der Waals surface area contributed by atoms with Crippen molar-refractivity contribution in [2.75, 3.05) is 21.3 Å². The number of ether oxygens (including phenoxy) is 3. The van der Waals surface area contributed by atoms with E-state index < -0.39 is 0 Å². The van der Waals surface area contributed by atoms with E-state index in [0.29, 0.717) is 15.4 Å². The zero-order valence-corrected chi connectivity index (χ0v) is 32.1. The minimum absolute atomic E-state index is 0.131. The number of allylic oxidation sites excluding steroid dienone is 2. The molecule has 0 N–H and O–H groups in total. The van der Waals surface area contributed by atoms with Crippen molar-refractivity contribution in [1.82, 2.24) is 0 Å². The van der Waals surface area contributed by atoms with Crippen LogP contribution in [0.2, 0.25) is 0 Å². The summed E-state index contributed by atoms with van der Waals surface area (Å²) in [5.74, 6) is 1.95. The second kappa shape index (κ2) is 18.4. The molecule has 0 amide bonds. The van der Waals surface area contributed by atoms with E-state index >= 15 is 0 Å². The molecule has 0 saturated carbocycles. The molecule has 0 radical (unpaired) electrons. The molecule has 3 aromatic carbocycles. The number of carbonyl (C=O) groups is 2. The number of aryl methyl sites for hydroxylation is 3. The molecule has 0 spiro atoms. The number of rotatable bonds is 7. The second-order valence-electron chi connectivity index (χ2n) is 11.0. The van der Waals surface area contributed by atoms with Gasteiger partial charge in [-0.3, -0.25) is 9.59 Å². The van der Waals surface area contributed by atoms with Gasteiger partial charge in [0.05, 0.1) is 27.2 Å². The van der Waals surface area contributed by atoms with Crippen molar-refractivity contribution in [2.45, 2.75) is 65.2 Å². The van der Waals surface area contributed by atoms with Gasteiger partial charge in [0.1, 0.15) is 11.5 Å². The topological polar surface area (TPSA) is 61.8 Å². The van der Waals surface area contributed by atoms with Crippen molar-refractivity contribution in [3.05, 3.63) is 99.6 Å². The van der Waals surface area contributed by atoms with Crippen LogP contribution in [0.25, 0.3) is 5.57 Å². The number of esters is 1. The Morgan fingerprint density at radius 1 is 0.864 bits per heavy atom. The van der Waals surface area contributed by atoms with Gasteiger partial charge in [0.25, 0.3) is 0 Å². The fraction of sp³-hybridized carbons (Fsp3) is 0.389. The predicted octanol–water partition coefficient (Wildman–Crippen LogP) is 9.15. The molecular weight excluding hydrogens is 817 g/mol. The Labute approximate surface area is 291 Å². The van der Waals surface area contributed by atoms with Crippen LogP contribution >= 0.6 is 40.0 Å². The number of halogens is 2. The molecule has 0 aromatic heterocycles. The van der Waals surface area contributed by atoms with Gasteiger partial charge >= 0.3 is 55.4 Å².